The zero-order valence-electron chi connectivity index (χ0n) is 18.8. The van der Waals surface area contributed by atoms with E-state index in [0.29, 0.717) is 31.9 Å². The number of carbonyl (C=O) groups excluding carboxylic acids is 1. The van der Waals surface area contributed by atoms with Gasteiger partial charge in [-0.1, -0.05) is 35.6 Å². The molecule has 2 heterocycles. The number of carbonyl (C=O) groups is 2. The number of rotatable bonds is 6. The highest BCUT2D eigenvalue weighted by Gasteiger charge is 2.33. The standard InChI is InChI=1S/C25H22N2O6S/c1-4-33-24(31)20-14(2)26-25-27(21(20)16-9-11-18(32-3)12-10-16)22(28)19(34-25)13-15-5-7-17(8-6-15)23(29)30/h5-13,21H,4H2,1-3H3,(H,29,30)/b19-13+/t21-/m0/s1. The van der Waals surface area contributed by atoms with Crippen molar-refractivity contribution in [2.24, 2.45) is 4.99 Å². The van der Waals surface area contributed by atoms with Crippen molar-refractivity contribution in [1.82, 2.24) is 4.57 Å². The van der Waals surface area contributed by atoms with Crippen molar-refractivity contribution in [3.63, 3.8) is 0 Å². The first kappa shape index (κ1) is 23.2. The van der Waals surface area contributed by atoms with Crippen LogP contribution in [0.2, 0.25) is 0 Å². The Hall–Kier alpha value is -3.98. The Morgan fingerprint density at radius 3 is 2.41 bits per heavy atom. The van der Waals surface area contributed by atoms with Gasteiger partial charge in [-0.3, -0.25) is 9.36 Å². The second-order valence-electron chi connectivity index (χ2n) is 7.50. The molecule has 0 saturated heterocycles. The van der Waals surface area contributed by atoms with Gasteiger partial charge in [-0.2, -0.15) is 0 Å². The highest BCUT2D eigenvalue weighted by Crippen LogP contribution is 2.31. The molecule has 0 saturated carbocycles. The molecule has 0 amide bonds. The lowest BCUT2D eigenvalue weighted by molar-refractivity contribution is -0.139. The third kappa shape index (κ3) is 4.29. The Morgan fingerprint density at radius 1 is 1.15 bits per heavy atom. The molecule has 1 N–H and O–H groups in total. The Balaban J connectivity index is 1.90. The fourth-order valence-corrected chi connectivity index (χ4v) is 4.81. The number of ether oxygens (including phenoxy) is 2. The molecule has 0 bridgehead atoms. The number of methoxy groups -OCH3 is 1. The number of benzene rings is 2. The lowest BCUT2D eigenvalue weighted by Crippen LogP contribution is -2.39. The summed E-state index contributed by atoms with van der Waals surface area (Å²) in [5.41, 5.74) is 2.04. The van der Waals surface area contributed by atoms with E-state index < -0.39 is 18.0 Å². The summed E-state index contributed by atoms with van der Waals surface area (Å²) in [6, 6.07) is 12.7. The molecule has 8 nitrogen and oxygen atoms in total. The van der Waals surface area contributed by atoms with E-state index in [9.17, 15) is 14.4 Å². The van der Waals surface area contributed by atoms with Gasteiger partial charge in [-0.25, -0.2) is 14.6 Å². The highest BCUT2D eigenvalue weighted by molar-refractivity contribution is 7.07. The summed E-state index contributed by atoms with van der Waals surface area (Å²) >= 11 is 1.21. The second kappa shape index (κ2) is 9.48. The van der Waals surface area contributed by atoms with Crippen LogP contribution >= 0.6 is 11.3 Å². The molecule has 1 aliphatic heterocycles. The predicted molar refractivity (Wildman–Crippen MR) is 127 cm³/mol. The normalized spacial score (nSPS) is 15.5. The minimum Gasteiger partial charge on any atom is -0.497 e. The van der Waals surface area contributed by atoms with Gasteiger partial charge in [0.1, 0.15) is 5.75 Å². The van der Waals surface area contributed by atoms with Crippen LogP contribution in [-0.4, -0.2) is 35.3 Å². The molecule has 1 aromatic heterocycles. The molecule has 2 aromatic carbocycles. The van der Waals surface area contributed by atoms with Crippen LogP contribution in [0.1, 0.15) is 41.4 Å². The number of aromatic carboxylic acids is 1. The monoisotopic (exact) mass is 478 g/mol. The number of aromatic nitrogens is 1. The summed E-state index contributed by atoms with van der Waals surface area (Å²) in [4.78, 5) is 42.5. The maximum Gasteiger partial charge on any atom is 0.338 e. The van der Waals surface area contributed by atoms with E-state index in [1.165, 1.54) is 28.0 Å². The minimum absolute atomic E-state index is 0.160. The van der Waals surface area contributed by atoms with Crippen molar-refractivity contribution in [2.45, 2.75) is 19.9 Å². The first-order valence-corrected chi connectivity index (χ1v) is 11.3. The first-order valence-electron chi connectivity index (χ1n) is 10.5. The van der Waals surface area contributed by atoms with Crippen LogP contribution < -0.4 is 19.6 Å². The second-order valence-corrected chi connectivity index (χ2v) is 8.51. The number of fused-ring (bicyclic) bond motifs is 1. The number of nitrogens with zero attached hydrogens (tertiary/aromatic N) is 2. The summed E-state index contributed by atoms with van der Waals surface area (Å²) in [7, 11) is 1.56. The van der Waals surface area contributed by atoms with Crippen molar-refractivity contribution in [3.05, 3.63) is 96.2 Å². The summed E-state index contributed by atoms with van der Waals surface area (Å²) in [6.07, 6.45) is 1.68. The molecule has 0 spiro atoms. The Kier molecular flexibility index (Phi) is 6.47. The lowest BCUT2D eigenvalue weighted by atomic mass is 9.96. The van der Waals surface area contributed by atoms with Gasteiger partial charge < -0.3 is 14.6 Å². The van der Waals surface area contributed by atoms with Crippen molar-refractivity contribution in [2.75, 3.05) is 13.7 Å². The summed E-state index contributed by atoms with van der Waals surface area (Å²) in [5, 5.41) is 9.10. The van der Waals surface area contributed by atoms with Crippen LogP contribution in [0.25, 0.3) is 6.08 Å². The molecular weight excluding hydrogens is 456 g/mol. The first-order chi connectivity index (χ1) is 16.3. The lowest BCUT2D eigenvalue weighted by Gasteiger charge is -2.24. The molecule has 9 heteroatoms. The van der Waals surface area contributed by atoms with Gasteiger partial charge in [-0.05, 0) is 55.3 Å². The van der Waals surface area contributed by atoms with Crippen LogP contribution in [-0.2, 0) is 9.53 Å². The minimum atomic E-state index is -1.02. The smallest absolute Gasteiger partial charge is 0.338 e. The van der Waals surface area contributed by atoms with Gasteiger partial charge in [0, 0.05) is 0 Å². The molecule has 4 rings (SSSR count). The van der Waals surface area contributed by atoms with E-state index in [1.54, 1.807) is 51.3 Å². The van der Waals surface area contributed by atoms with Gasteiger partial charge in [0.2, 0.25) is 0 Å². The Morgan fingerprint density at radius 2 is 1.82 bits per heavy atom. The maximum atomic E-state index is 13.5. The van der Waals surface area contributed by atoms with Crippen LogP contribution in [0.15, 0.2) is 69.6 Å². The van der Waals surface area contributed by atoms with Crippen molar-refractivity contribution in [1.29, 1.82) is 0 Å². The van der Waals surface area contributed by atoms with Gasteiger partial charge in [0.15, 0.2) is 4.80 Å². The van der Waals surface area contributed by atoms with Crippen molar-refractivity contribution >= 4 is 29.4 Å². The molecule has 3 aromatic rings. The van der Waals surface area contributed by atoms with Crippen LogP contribution in [0.5, 0.6) is 5.75 Å². The van der Waals surface area contributed by atoms with Crippen LogP contribution in [0, 0.1) is 0 Å². The largest absolute Gasteiger partial charge is 0.497 e. The van der Waals surface area contributed by atoms with Gasteiger partial charge >= 0.3 is 11.9 Å². The number of allylic oxidation sites excluding steroid dienone is 1. The molecule has 1 aliphatic rings. The summed E-state index contributed by atoms with van der Waals surface area (Å²) in [6.45, 7) is 3.65. The third-order valence-electron chi connectivity index (χ3n) is 5.40. The molecule has 1 atom stereocenters. The molecule has 174 valence electrons. The fraction of sp³-hybridized carbons (Fsp3) is 0.200. The van der Waals surface area contributed by atoms with Crippen LogP contribution in [0.4, 0.5) is 0 Å². The summed E-state index contributed by atoms with van der Waals surface area (Å²) < 4.78 is 12.5. The number of carboxylic acids is 1. The molecule has 0 fully saturated rings. The Labute approximate surface area is 198 Å². The van der Waals surface area contributed by atoms with Crippen LogP contribution in [0.3, 0.4) is 0 Å². The van der Waals surface area contributed by atoms with Gasteiger partial charge in [0.25, 0.3) is 5.56 Å². The zero-order valence-corrected chi connectivity index (χ0v) is 19.6. The van der Waals surface area contributed by atoms with Gasteiger partial charge in [0.05, 0.1) is 41.1 Å². The SMILES string of the molecule is CCOC(=O)C1=C(C)N=c2s/c(=C/c3ccc(C(=O)O)cc3)c(=O)n2[C@H]1c1ccc(OC)cc1. The van der Waals surface area contributed by atoms with E-state index in [0.717, 1.165) is 5.56 Å². The number of esters is 1. The highest BCUT2D eigenvalue weighted by atomic mass is 32.1. The molecule has 34 heavy (non-hydrogen) atoms. The number of carboxylic acid groups (broad SMARTS) is 1. The quantitative estimate of drug-likeness (QED) is 0.546. The number of hydrogen-bond acceptors (Lipinski definition) is 7. The van der Waals surface area contributed by atoms with E-state index in [-0.39, 0.29) is 17.7 Å². The van der Waals surface area contributed by atoms with Gasteiger partial charge in [-0.15, -0.1) is 0 Å². The summed E-state index contributed by atoms with van der Waals surface area (Å²) in [5.74, 6) is -0.894. The van der Waals surface area contributed by atoms with E-state index >= 15 is 0 Å². The molecule has 0 aliphatic carbocycles. The molecular formula is C25H22N2O6S. The number of thiazole rings is 1. The van der Waals surface area contributed by atoms with E-state index in [2.05, 4.69) is 4.99 Å². The zero-order chi connectivity index (χ0) is 24.4. The molecule has 0 radical (unpaired) electrons. The number of hydrogen-bond donors (Lipinski definition) is 1. The average molecular weight is 479 g/mol. The fourth-order valence-electron chi connectivity index (χ4n) is 3.77. The predicted octanol–water partition coefficient (Wildman–Crippen LogP) is 2.51. The topological polar surface area (TPSA) is 107 Å². The average Bonchev–Trinajstić information content (AvgIpc) is 3.13. The van der Waals surface area contributed by atoms with Crippen molar-refractivity contribution < 1.29 is 24.2 Å². The van der Waals surface area contributed by atoms with Crippen molar-refractivity contribution in [3.8, 4) is 5.75 Å². The molecule has 0 unspecified atom stereocenters. The van der Waals surface area contributed by atoms with E-state index in [1.807, 2.05) is 12.1 Å². The maximum absolute atomic E-state index is 13.5. The van der Waals surface area contributed by atoms with E-state index in [4.69, 9.17) is 14.6 Å². The Bertz CT molecular complexity index is 1460. The third-order valence-corrected chi connectivity index (χ3v) is 6.39.